The lowest BCUT2D eigenvalue weighted by atomic mass is 10.2. The van der Waals surface area contributed by atoms with Gasteiger partial charge in [0.1, 0.15) is 0 Å². The molecule has 1 unspecified atom stereocenters. The minimum absolute atomic E-state index is 0.153. The van der Waals surface area contributed by atoms with Gasteiger partial charge >= 0.3 is 7.82 Å². The van der Waals surface area contributed by atoms with Crippen LogP contribution in [-0.2, 0) is 13.2 Å². The van der Waals surface area contributed by atoms with Crippen molar-refractivity contribution in [2.24, 2.45) is 5.92 Å². The summed E-state index contributed by atoms with van der Waals surface area (Å²) in [4.78, 5) is 8.55. The zero-order chi connectivity index (χ0) is 8.20. The van der Waals surface area contributed by atoms with Crippen molar-refractivity contribution in [3.63, 3.8) is 0 Å². The second-order valence-electron chi connectivity index (χ2n) is 2.23. The fourth-order valence-corrected chi connectivity index (χ4v) is 0.909. The number of rotatable bonds is 4. The molecule has 0 rings (SSSR count). The molecule has 10 heavy (non-hydrogen) atoms. The van der Waals surface area contributed by atoms with Gasteiger partial charge in [0, 0.05) is 0 Å². The van der Waals surface area contributed by atoms with Gasteiger partial charge < -0.3 is 4.89 Å². The molecule has 0 saturated carbocycles. The first-order valence-electron chi connectivity index (χ1n) is 2.75. The Morgan fingerprint density at radius 1 is 1.70 bits per heavy atom. The highest BCUT2D eigenvalue weighted by Crippen LogP contribution is 2.44. The van der Waals surface area contributed by atoms with Gasteiger partial charge in [-0.25, -0.2) is 4.57 Å². The van der Waals surface area contributed by atoms with Crippen LogP contribution in [0.15, 0.2) is 0 Å². The van der Waals surface area contributed by atoms with Crippen LogP contribution >= 0.6 is 19.7 Å². The Kier molecular flexibility index (Phi) is 4.49. The van der Waals surface area contributed by atoms with Gasteiger partial charge in [0.05, 0.1) is 18.5 Å². The topological polar surface area (TPSA) is 55.8 Å². The summed E-state index contributed by atoms with van der Waals surface area (Å²) < 4.78 is 18.5. The highest BCUT2D eigenvalue weighted by atomic mass is 35.5. The summed E-state index contributed by atoms with van der Waals surface area (Å²) in [6.07, 6.45) is 0. The van der Waals surface area contributed by atoms with Crippen molar-refractivity contribution in [2.75, 3.05) is 6.61 Å². The molecule has 0 bridgehead atoms. The van der Waals surface area contributed by atoms with E-state index in [-0.39, 0.29) is 12.5 Å². The molecule has 0 aromatic heterocycles. The van der Waals surface area contributed by atoms with E-state index in [0.717, 1.165) is 0 Å². The molecule has 0 aliphatic carbocycles. The monoisotopic (exact) mass is 188 g/mol. The fourth-order valence-electron chi connectivity index (χ4n) is 0.263. The molecular formula is C4H10ClO4P. The van der Waals surface area contributed by atoms with Gasteiger partial charge in [-0.3, -0.25) is 4.52 Å². The van der Waals surface area contributed by atoms with Gasteiger partial charge in [-0.2, -0.15) is 4.08 Å². The zero-order valence-corrected chi connectivity index (χ0v) is 7.43. The van der Waals surface area contributed by atoms with Crippen molar-refractivity contribution in [3.05, 3.63) is 0 Å². The maximum Gasteiger partial charge on any atom is 0.488 e. The van der Waals surface area contributed by atoms with Crippen LogP contribution in [0.1, 0.15) is 13.8 Å². The molecule has 62 valence electrons. The minimum Gasteiger partial charge on any atom is -0.302 e. The first kappa shape index (κ1) is 10.4. The lowest BCUT2D eigenvalue weighted by Crippen LogP contribution is -1.99. The third-order valence-corrected chi connectivity index (χ3v) is 1.83. The molecule has 0 aromatic carbocycles. The molecule has 0 spiro atoms. The van der Waals surface area contributed by atoms with E-state index in [1.807, 2.05) is 13.8 Å². The van der Waals surface area contributed by atoms with Gasteiger partial charge in [0.15, 0.2) is 0 Å². The minimum atomic E-state index is -3.96. The number of phosphoric acid groups is 1. The van der Waals surface area contributed by atoms with Crippen LogP contribution in [0.25, 0.3) is 0 Å². The molecule has 0 fully saturated rings. The molecule has 4 nitrogen and oxygen atoms in total. The second kappa shape index (κ2) is 4.31. The highest BCUT2D eigenvalue weighted by Gasteiger charge is 2.20. The molecular weight excluding hydrogens is 178 g/mol. The van der Waals surface area contributed by atoms with Gasteiger partial charge in [-0.1, -0.05) is 13.8 Å². The first-order chi connectivity index (χ1) is 4.48. The van der Waals surface area contributed by atoms with Gasteiger partial charge in [-0.05, 0) is 5.92 Å². The smallest absolute Gasteiger partial charge is 0.302 e. The second-order valence-corrected chi connectivity index (χ2v) is 3.97. The van der Waals surface area contributed by atoms with Crippen LogP contribution in [0.5, 0.6) is 0 Å². The van der Waals surface area contributed by atoms with Gasteiger partial charge in [-0.15, -0.1) is 0 Å². The standard InChI is InChI=1S/C4H10ClO4P/c1-4(2)3-8-10(6,7)9-5/h4H,3H2,1-2H3,(H,6,7). The summed E-state index contributed by atoms with van der Waals surface area (Å²) in [6, 6.07) is 0. The maximum atomic E-state index is 10.5. The SMILES string of the molecule is CC(C)COP(=O)(O)OCl. The van der Waals surface area contributed by atoms with E-state index in [1.165, 1.54) is 0 Å². The zero-order valence-electron chi connectivity index (χ0n) is 5.78. The first-order valence-corrected chi connectivity index (χ1v) is 4.56. The van der Waals surface area contributed by atoms with Crippen molar-refractivity contribution in [1.82, 2.24) is 0 Å². The van der Waals surface area contributed by atoms with E-state index >= 15 is 0 Å². The number of hydrogen-bond acceptors (Lipinski definition) is 3. The number of phosphoric ester groups is 1. The fraction of sp³-hybridized carbons (Fsp3) is 1.00. The maximum absolute atomic E-state index is 10.5. The summed E-state index contributed by atoms with van der Waals surface area (Å²) in [5.41, 5.74) is 0. The summed E-state index contributed by atoms with van der Waals surface area (Å²) in [5.74, 6) is 0.173. The van der Waals surface area contributed by atoms with Gasteiger partial charge in [0.25, 0.3) is 0 Å². The molecule has 0 aliphatic rings. The van der Waals surface area contributed by atoms with E-state index < -0.39 is 7.82 Å². The van der Waals surface area contributed by atoms with E-state index in [0.29, 0.717) is 0 Å². The largest absolute Gasteiger partial charge is 0.488 e. The number of hydrogen-bond donors (Lipinski definition) is 1. The molecule has 1 N–H and O–H groups in total. The number of halogens is 1. The predicted molar refractivity (Wildman–Crippen MR) is 37.6 cm³/mol. The Labute approximate surface area is 64.9 Å². The van der Waals surface area contributed by atoms with Crippen molar-refractivity contribution in [1.29, 1.82) is 0 Å². The van der Waals surface area contributed by atoms with Crippen molar-refractivity contribution in [3.8, 4) is 0 Å². The van der Waals surface area contributed by atoms with E-state index in [9.17, 15) is 4.57 Å². The molecule has 0 aliphatic heterocycles. The Bertz CT molecular complexity index is 137. The van der Waals surface area contributed by atoms with Crippen molar-refractivity contribution in [2.45, 2.75) is 13.8 Å². The van der Waals surface area contributed by atoms with Crippen LogP contribution in [-0.4, -0.2) is 11.5 Å². The summed E-state index contributed by atoms with van der Waals surface area (Å²) in [5, 5.41) is 0. The average molecular weight is 189 g/mol. The highest BCUT2D eigenvalue weighted by molar-refractivity contribution is 7.48. The molecule has 0 amide bonds. The Balaban J connectivity index is 3.58. The Morgan fingerprint density at radius 3 is 2.50 bits per heavy atom. The third kappa shape index (κ3) is 5.21. The summed E-state index contributed by atoms with van der Waals surface area (Å²) in [6.45, 7) is 3.84. The van der Waals surface area contributed by atoms with Crippen LogP contribution in [0.3, 0.4) is 0 Å². The quantitative estimate of drug-likeness (QED) is 0.685. The molecule has 0 heterocycles. The predicted octanol–water partition coefficient (Wildman–Crippen LogP) is 1.93. The van der Waals surface area contributed by atoms with Crippen LogP contribution in [0, 0.1) is 5.92 Å². The molecule has 0 saturated heterocycles. The van der Waals surface area contributed by atoms with Crippen LogP contribution in [0.2, 0.25) is 0 Å². The molecule has 0 aromatic rings. The van der Waals surface area contributed by atoms with Gasteiger partial charge in [0.2, 0.25) is 0 Å². The van der Waals surface area contributed by atoms with Crippen LogP contribution < -0.4 is 0 Å². The third-order valence-electron chi connectivity index (χ3n) is 0.658. The average Bonchev–Trinajstić information content (AvgIpc) is 1.85. The van der Waals surface area contributed by atoms with E-state index in [2.05, 4.69) is 20.5 Å². The van der Waals surface area contributed by atoms with Crippen molar-refractivity contribution < 1.29 is 18.1 Å². The van der Waals surface area contributed by atoms with Crippen LogP contribution in [0.4, 0.5) is 0 Å². The lowest BCUT2D eigenvalue weighted by molar-refractivity contribution is 0.187. The normalized spacial score (nSPS) is 17.3. The molecule has 1 atom stereocenters. The lowest BCUT2D eigenvalue weighted by Gasteiger charge is -2.08. The van der Waals surface area contributed by atoms with Crippen molar-refractivity contribution >= 4 is 19.7 Å². The van der Waals surface area contributed by atoms with E-state index in [1.54, 1.807) is 0 Å². The Hall–Kier alpha value is 0.400. The summed E-state index contributed by atoms with van der Waals surface area (Å²) >= 11 is 4.64. The van der Waals surface area contributed by atoms with E-state index in [4.69, 9.17) is 4.89 Å². The molecule has 6 heteroatoms. The summed E-state index contributed by atoms with van der Waals surface area (Å²) in [7, 11) is -3.96. The molecule has 0 radical (unpaired) electrons. The Morgan fingerprint density at radius 2 is 2.20 bits per heavy atom.